The molecule has 0 spiro atoms. The van der Waals surface area contributed by atoms with Crippen LogP contribution >= 0.6 is 11.8 Å². The summed E-state index contributed by atoms with van der Waals surface area (Å²) in [4.78, 5) is 0. The monoisotopic (exact) mass is 178 g/mol. The zero-order valence-corrected chi connectivity index (χ0v) is 8.43. The Morgan fingerprint density at radius 3 is 1.27 bits per heavy atom. The van der Waals surface area contributed by atoms with Crippen LogP contribution in [-0.2, 0) is 0 Å². The van der Waals surface area contributed by atoms with Gasteiger partial charge in [-0.15, -0.1) is 0 Å². The van der Waals surface area contributed by atoms with Crippen molar-refractivity contribution in [3.05, 3.63) is 0 Å². The SMILES string of the molecule is CC(C)C(O)SC(O)C(C)C. The fourth-order valence-corrected chi connectivity index (χ4v) is 1.37. The van der Waals surface area contributed by atoms with Crippen LogP contribution in [0, 0.1) is 11.8 Å². The first-order chi connectivity index (χ1) is 4.95. The molecule has 0 fully saturated rings. The summed E-state index contributed by atoms with van der Waals surface area (Å²) < 4.78 is 0. The molecule has 0 saturated heterocycles. The van der Waals surface area contributed by atoms with Crippen molar-refractivity contribution < 1.29 is 10.2 Å². The Morgan fingerprint density at radius 2 is 1.09 bits per heavy atom. The van der Waals surface area contributed by atoms with Gasteiger partial charge in [-0.05, 0) is 11.8 Å². The lowest BCUT2D eigenvalue weighted by molar-refractivity contribution is 0.183. The summed E-state index contributed by atoms with van der Waals surface area (Å²) in [5, 5.41) is 18.7. The molecule has 0 aromatic rings. The third-order valence-electron chi connectivity index (χ3n) is 1.42. The van der Waals surface area contributed by atoms with E-state index in [-0.39, 0.29) is 11.8 Å². The molecule has 0 aliphatic carbocycles. The van der Waals surface area contributed by atoms with Crippen molar-refractivity contribution in [1.82, 2.24) is 0 Å². The standard InChI is InChI=1S/C8H18O2S/c1-5(2)7(9)11-8(10)6(3)4/h5-10H,1-4H3. The molecule has 0 aromatic carbocycles. The van der Waals surface area contributed by atoms with Gasteiger partial charge in [-0.25, -0.2) is 0 Å². The van der Waals surface area contributed by atoms with Gasteiger partial charge >= 0.3 is 0 Å². The van der Waals surface area contributed by atoms with Crippen molar-refractivity contribution in [1.29, 1.82) is 0 Å². The molecule has 0 aliphatic heterocycles. The van der Waals surface area contributed by atoms with Crippen molar-refractivity contribution in [2.75, 3.05) is 0 Å². The van der Waals surface area contributed by atoms with E-state index in [9.17, 15) is 10.2 Å². The molecule has 2 nitrogen and oxygen atoms in total. The zero-order valence-electron chi connectivity index (χ0n) is 7.61. The first-order valence-corrected chi connectivity index (χ1v) is 4.91. The maximum Gasteiger partial charge on any atom is 0.104 e. The van der Waals surface area contributed by atoms with Crippen molar-refractivity contribution in [3.8, 4) is 0 Å². The molecule has 0 amide bonds. The largest absolute Gasteiger partial charge is 0.382 e. The van der Waals surface area contributed by atoms with Crippen LogP contribution in [0.5, 0.6) is 0 Å². The third-order valence-corrected chi connectivity index (χ3v) is 3.07. The third kappa shape index (κ3) is 4.67. The van der Waals surface area contributed by atoms with Gasteiger partial charge in [0.05, 0.1) is 0 Å². The van der Waals surface area contributed by atoms with Crippen LogP contribution in [0.1, 0.15) is 27.7 Å². The van der Waals surface area contributed by atoms with Crippen molar-refractivity contribution >= 4 is 11.8 Å². The van der Waals surface area contributed by atoms with Crippen LogP contribution in [0.4, 0.5) is 0 Å². The molecular formula is C8H18O2S. The van der Waals surface area contributed by atoms with Crippen LogP contribution in [0.15, 0.2) is 0 Å². The lowest BCUT2D eigenvalue weighted by Gasteiger charge is -2.20. The minimum absolute atomic E-state index is 0.202. The molecule has 3 heteroatoms. The van der Waals surface area contributed by atoms with E-state index in [1.54, 1.807) is 0 Å². The first kappa shape index (κ1) is 11.3. The second kappa shape index (κ2) is 5.01. The summed E-state index contributed by atoms with van der Waals surface area (Å²) >= 11 is 1.23. The fourth-order valence-electron chi connectivity index (χ4n) is 0.457. The molecule has 0 saturated carbocycles. The number of rotatable bonds is 4. The summed E-state index contributed by atoms with van der Waals surface area (Å²) in [5.41, 5.74) is -0.903. The molecule has 0 rings (SSSR count). The predicted molar refractivity (Wildman–Crippen MR) is 49.3 cm³/mol. The van der Waals surface area contributed by atoms with Gasteiger partial charge in [0.15, 0.2) is 0 Å². The average molecular weight is 178 g/mol. The minimum atomic E-state index is -0.451. The molecule has 68 valence electrons. The Balaban J connectivity index is 3.66. The van der Waals surface area contributed by atoms with Gasteiger partial charge < -0.3 is 10.2 Å². The maximum atomic E-state index is 9.35. The molecular weight excluding hydrogens is 160 g/mol. The van der Waals surface area contributed by atoms with Crippen molar-refractivity contribution in [2.24, 2.45) is 11.8 Å². The zero-order chi connectivity index (χ0) is 9.02. The molecule has 2 N–H and O–H groups in total. The Kier molecular flexibility index (Phi) is 5.13. The molecule has 0 aliphatic rings. The highest BCUT2D eigenvalue weighted by Gasteiger charge is 2.17. The molecule has 0 radical (unpaired) electrons. The maximum absolute atomic E-state index is 9.35. The summed E-state index contributed by atoms with van der Waals surface area (Å²) in [6.45, 7) is 7.74. The van der Waals surface area contributed by atoms with Gasteiger partial charge in [-0.1, -0.05) is 39.5 Å². The van der Waals surface area contributed by atoms with Gasteiger partial charge in [-0.2, -0.15) is 0 Å². The Labute approximate surface area is 73.0 Å². The summed E-state index contributed by atoms with van der Waals surface area (Å²) in [6.07, 6.45) is 0. The number of aliphatic hydroxyl groups is 2. The normalized spacial score (nSPS) is 17.5. The number of hydrogen-bond acceptors (Lipinski definition) is 3. The lowest BCUT2D eigenvalue weighted by atomic mass is 10.2. The van der Waals surface area contributed by atoms with E-state index in [0.29, 0.717) is 0 Å². The van der Waals surface area contributed by atoms with Gasteiger partial charge in [0.2, 0.25) is 0 Å². The second-order valence-electron chi connectivity index (χ2n) is 3.41. The first-order valence-electron chi connectivity index (χ1n) is 3.96. The van der Waals surface area contributed by atoms with Gasteiger partial charge in [-0.3, -0.25) is 0 Å². The number of hydrogen-bond donors (Lipinski definition) is 2. The highest BCUT2D eigenvalue weighted by Crippen LogP contribution is 2.24. The van der Waals surface area contributed by atoms with Crippen LogP contribution in [0.25, 0.3) is 0 Å². The summed E-state index contributed by atoms with van der Waals surface area (Å²) in [6, 6.07) is 0. The highest BCUT2D eigenvalue weighted by atomic mass is 32.2. The van der Waals surface area contributed by atoms with E-state index >= 15 is 0 Å². The van der Waals surface area contributed by atoms with Crippen LogP contribution in [0.3, 0.4) is 0 Å². The molecule has 11 heavy (non-hydrogen) atoms. The van der Waals surface area contributed by atoms with Crippen LogP contribution in [0.2, 0.25) is 0 Å². The van der Waals surface area contributed by atoms with E-state index in [0.717, 1.165) is 0 Å². The average Bonchev–Trinajstić information content (AvgIpc) is 1.87. The molecule has 0 heterocycles. The predicted octanol–water partition coefficient (Wildman–Crippen LogP) is 1.67. The van der Waals surface area contributed by atoms with E-state index in [2.05, 4.69) is 0 Å². The van der Waals surface area contributed by atoms with Crippen LogP contribution < -0.4 is 0 Å². The van der Waals surface area contributed by atoms with Gasteiger partial charge in [0, 0.05) is 0 Å². The van der Waals surface area contributed by atoms with Gasteiger partial charge in [0.1, 0.15) is 10.9 Å². The Bertz CT molecular complexity index is 92.3. The summed E-state index contributed by atoms with van der Waals surface area (Å²) in [5.74, 6) is 0.404. The van der Waals surface area contributed by atoms with E-state index < -0.39 is 10.9 Å². The molecule has 0 aromatic heterocycles. The number of aliphatic hydroxyl groups excluding tert-OH is 2. The lowest BCUT2D eigenvalue weighted by Crippen LogP contribution is -2.19. The molecule has 0 bridgehead atoms. The molecule has 2 atom stereocenters. The smallest absolute Gasteiger partial charge is 0.104 e. The quantitative estimate of drug-likeness (QED) is 0.643. The minimum Gasteiger partial charge on any atom is -0.382 e. The van der Waals surface area contributed by atoms with E-state index in [1.807, 2.05) is 27.7 Å². The topological polar surface area (TPSA) is 40.5 Å². The highest BCUT2D eigenvalue weighted by molar-refractivity contribution is 8.00. The van der Waals surface area contributed by atoms with E-state index in [1.165, 1.54) is 11.8 Å². The molecule has 2 unspecified atom stereocenters. The van der Waals surface area contributed by atoms with Crippen molar-refractivity contribution in [3.63, 3.8) is 0 Å². The second-order valence-corrected chi connectivity index (χ2v) is 4.64. The van der Waals surface area contributed by atoms with Crippen LogP contribution in [-0.4, -0.2) is 21.1 Å². The van der Waals surface area contributed by atoms with Gasteiger partial charge in [0.25, 0.3) is 0 Å². The van der Waals surface area contributed by atoms with Crippen molar-refractivity contribution in [2.45, 2.75) is 38.6 Å². The summed E-state index contributed by atoms with van der Waals surface area (Å²) in [7, 11) is 0. The number of thioether (sulfide) groups is 1. The fraction of sp³-hybridized carbons (Fsp3) is 1.00. The Hall–Kier alpha value is 0.270. The van der Waals surface area contributed by atoms with E-state index in [4.69, 9.17) is 0 Å². The Morgan fingerprint density at radius 1 is 0.818 bits per heavy atom.